The first-order valence-corrected chi connectivity index (χ1v) is 7.37. The topological polar surface area (TPSA) is 12.0 Å². The average molecular weight is 233 g/mol. The quantitative estimate of drug-likeness (QED) is 0.842. The number of hydrogen-bond donors (Lipinski definition) is 1. The molecular weight excluding hydrogens is 214 g/mol. The molecule has 2 heteroatoms. The van der Waals surface area contributed by atoms with Gasteiger partial charge in [-0.25, -0.2) is 0 Å². The van der Waals surface area contributed by atoms with Crippen molar-refractivity contribution in [2.75, 3.05) is 18.1 Å². The van der Waals surface area contributed by atoms with Gasteiger partial charge >= 0.3 is 0 Å². The van der Waals surface area contributed by atoms with Crippen molar-refractivity contribution in [3.8, 4) is 0 Å². The second kappa shape index (κ2) is 4.08. The lowest BCUT2D eigenvalue weighted by atomic mass is 9.89. The third-order valence-electron chi connectivity index (χ3n) is 4.03. The van der Waals surface area contributed by atoms with E-state index in [1.54, 1.807) is 0 Å². The van der Waals surface area contributed by atoms with Crippen LogP contribution >= 0.6 is 11.8 Å². The summed E-state index contributed by atoms with van der Waals surface area (Å²) in [6, 6.07) is 9.34. The Morgan fingerprint density at radius 1 is 1.25 bits per heavy atom. The summed E-state index contributed by atoms with van der Waals surface area (Å²) in [6.45, 7) is 3.49. The number of rotatable bonds is 2. The van der Waals surface area contributed by atoms with Crippen LogP contribution < -0.4 is 5.32 Å². The van der Waals surface area contributed by atoms with Crippen molar-refractivity contribution in [1.29, 1.82) is 0 Å². The molecule has 1 aromatic carbocycles. The van der Waals surface area contributed by atoms with Crippen LogP contribution in [0.1, 0.15) is 36.8 Å². The first kappa shape index (κ1) is 10.7. The van der Waals surface area contributed by atoms with Crippen LogP contribution in [0.4, 0.5) is 0 Å². The Morgan fingerprint density at radius 2 is 2.00 bits per heavy atom. The van der Waals surface area contributed by atoms with E-state index in [1.165, 1.54) is 35.5 Å². The molecule has 2 heterocycles. The molecule has 1 aromatic rings. The van der Waals surface area contributed by atoms with E-state index >= 15 is 0 Å². The zero-order valence-corrected chi connectivity index (χ0v) is 10.6. The Bertz CT molecular complexity index is 361. The van der Waals surface area contributed by atoms with Gasteiger partial charge in [-0.15, -0.1) is 0 Å². The van der Waals surface area contributed by atoms with Crippen LogP contribution in [-0.2, 0) is 5.54 Å². The van der Waals surface area contributed by atoms with E-state index in [1.807, 2.05) is 0 Å². The Morgan fingerprint density at radius 3 is 2.50 bits per heavy atom. The molecule has 2 aliphatic rings. The van der Waals surface area contributed by atoms with Crippen molar-refractivity contribution in [3.63, 3.8) is 0 Å². The highest BCUT2D eigenvalue weighted by Crippen LogP contribution is 2.36. The lowest BCUT2D eigenvalue weighted by molar-refractivity contribution is 0.434. The van der Waals surface area contributed by atoms with Crippen LogP contribution in [-0.4, -0.2) is 18.1 Å². The number of nitrogens with one attached hydrogen (secondary N) is 1. The maximum atomic E-state index is 3.62. The lowest BCUT2D eigenvalue weighted by Gasteiger charge is -2.28. The van der Waals surface area contributed by atoms with E-state index in [0.717, 1.165) is 12.5 Å². The monoisotopic (exact) mass is 233 g/mol. The van der Waals surface area contributed by atoms with E-state index in [2.05, 4.69) is 48.3 Å². The van der Waals surface area contributed by atoms with Gasteiger partial charge in [0.2, 0.25) is 0 Å². The zero-order valence-electron chi connectivity index (χ0n) is 9.83. The Labute approximate surface area is 102 Å². The van der Waals surface area contributed by atoms with Crippen LogP contribution in [0.3, 0.4) is 0 Å². The molecule has 16 heavy (non-hydrogen) atoms. The normalized spacial score (nSPS) is 30.3. The molecule has 0 bridgehead atoms. The zero-order chi connectivity index (χ0) is 11.0. The van der Waals surface area contributed by atoms with Gasteiger partial charge in [0.1, 0.15) is 0 Å². The summed E-state index contributed by atoms with van der Waals surface area (Å²) in [6.07, 6.45) is 2.57. The van der Waals surface area contributed by atoms with E-state index in [0.29, 0.717) is 0 Å². The Hall–Kier alpha value is -0.470. The molecule has 1 nitrogen and oxygen atoms in total. The highest BCUT2D eigenvalue weighted by Gasteiger charge is 2.30. The van der Waals surface area contributed by atoms with Gasteiger partial charge in [-0.05, 0) is 37.4 Å². The second-order valence-electron chi connectivity index (χ2n) is 5.22. The molecule has 0 aromatic heterocycles. The summed E-state index contributed by atoms with van der Waals surface area (Å²) in [5.41, 5.74) is 3.22. The van der Waals surface area contributed by atoms with Gasteiger partial charge in [0, 0.05) is 23.0 Å². The molecule has 0 amide bonds. The highest BCUT2D eigenvalue weighted by atomic mass is 32.2. The van der Waals surface area contributed by atoms with Crippen molar-refractivity contribution >= 4 is 11.8 Å². The molecule has 1 unspecified atom stereocenters. The van der Waals surface area contributed by atoms with Crippen LogP contribution in [0.15, 0.2) is 24.3 Å². The Kier molecular flexibility index (Phi) is 2.72. The summed E-state index contributed by atoms with van der Waals surface area (Å²) >= 11 is 2.06. The maximum Gasteiger partial charge on any atom is 0.0406 e. The predicted molar refractivity (Wildman–Crippen MR) is 71.1 cm³/mol. The fraction of sp³-hybridized carbons (Fsp3) is 0.571. The molecule has 1 N–H and O–H groups in total. The summed E-state index contributed by atoms with van der Waals surface area (Å²) in [5, 5.41) is 3.62. The van der Waals surface area contributed by atoms with Crippen molar-refractivity contribution in [1.82, 2.24) is 5.32 Å². The van der Waals surface area contributed by atoms with E-state index in [9.17, 15) is 0 Å². The minimum Gasteiger partial charge on any atom is -0.308 e. The lowest BCUT2D eigenvalue weighted by Crippen LogP contribution is -2.33. The van der Waals surface area contributed by atoms with Crippen LogP contribution in [0.5, 0.6) is 0 Å². The summed E-state index contributed by atoms with van der Waals surface area (Å²) < 4.78 is 0. The molecule has 2 aliphatic heterocycles. The van der Waals surface area contributed by atoms with Crippen molar-refractivity contribution < 1.29 is 0 Å². The van der Waals surface area contributed by atoms with Crippen molar-refractivity contribution in [2.45, 2.75) is 31.2 Å². The summed E-state index contributed by atoms with van der Waals surface area (Å²) in [7, 11) is 0. The predicted octanol–water partition coefficient (Wildman–Crippen LogP) is 3.12. The highest BCUT2D eigenvalue weighted by molar-refractivity contribution is 8.00. The molecule has 0 saturated carbocycles. The fourth-order valence-electron chi connectivity index (χ4n) is 2.69. The third kappa shape index (κ3) is 1.78. The van der Waals surface area contributed by atoms with Crippen LogP contribution in [0, 0.1) is 0 Å². The van der Waals surface area contributed by atoms with Gasteiger partial charge in [-0.1, -0.05) is 24.3 Å². The number of benzene rings is 1. The van der Waals surface area contributed by atoms with Crippen molar-refractivity contribution in [3.05, 3.63) is 35.4 Å². The molecule has 3 rings (SSSR count). The van der Waals surface area contributed by atoms with Gasteiger partial charge < -0.3 is 5.32 Å². The van der Waals surface area contributed by atoms with E-state index in [-0.39, 0.29) is 5.54 Å². The average Bonchev–Trinajstić information content (AvgIpc) is 2.65. The Balaban J connectivity index is 1.81. The number of thioether (sulfide) groups is 1. The van der Waals surface area contributed by atoms with Gasteiger partial charge in [0.15, 0.2) is 0 Å². The SMILES string of the molecule is CC1(c2ccc(C3CSC3)cc2)CCCN1. The molecule has 0 spiro atoms. The second-order valence-corrected chi connectivity index (χ2v) is 6.29. The van der Waals surface area contributed by atoms with Crippen molar-refractivity contribution in [2.24, 2.45) is 0 Å². The maximum absolute atomic E-state index is 3.62. The number of hydrogen-bond acceptors (Lipinski definition) is 2. The summed E-state index contributed by atoms with van der Waals surface area (Å²) in [4.78, 5) is 0. The van der Waals surface area contributed by atoms with Gasteiger partial charge in [-0.2, -0.15) is 11.8 Å². The smallest absolute Gasteiger partial charge is 0.0406 e. The molecule has 1 atom stereocenters. The van der Waals surface area contributed by atoms with Crippen LogP contribution in [0.2, 0.25) is 0 Å². The third-order valence-corrected chi connectivity index (χ3v) is 5.30. The fourth-order valence-corrected chi connectivity index (χ4v) is 3.55. The standard InChI is InChI=1S/C14H19NS/c1-14(7-2-8-15-14)13-5-3-11(4-6-13)12-9-16-10-12/h3-6,12,15H,2,7-10H2,1H3. The van der Waals surface area contributed by atoms with Gasteiger partial charge in [0.25, 0.3) is 0 Å². The molecule has 0 radical (unpaired) electrons. The van der Waals surface area contributed by atoms with Gasteiger partial charge in [-0.3, -0.25) is 0 Å². The largest absolute Gasteiger partial charge is 0.308 e. The van der Waals surface area contributed by atoms with Gasteiger partial charge in [0.05, 0.1) is 0 Å². The van der Waals surface area contributed by atoms with Crippen LogP contribution in [0.25, 0.3) is 0 Å². The summed E-state index contributed by atoms with van der Waals surface area (Å²) in [5.74, 6) is 3.45. The van der Waals surface area contributed by atoms with E-state index in [4.69, 9.17) is 0 Å². The first-order chi connectivity index (χ1) is 7.78. The van der Waals surface area contributed by atoms with E-state index < -0.39 is 0 Å². The molecule has 2 fully saturated rings. The minimum absolute atomic E-state index is 0.229. The molecule has 86 valence electrons. The first-order valence-electron chi connectivity index (χ1n) is 6.21. The molecule has 0 aliphatic carbocycles. The molecular formula is C14H19NS. The minimum atomic E-state index is 0.229. The molecule has 2 saturated heterocycles.